The van der Waals surface area contributed by atoms with E-state index in [0.717, 1.165) is 17.9 Å². The van der Waals surface area contributed by atoms with Crippen LogP contribution in [0.5, 0.6) is 0 Å². The van der Waals surface area contributed by atoms with E-state index < -0.39 is 0 Å². The van der Waals surface area contributed by atoms with Crippen molar-refractivity contribution in [2.24, 2.45) is 11.8 Å². The number of hydrogen-bond acceptors (Lipinski definition) is 2. The summed E-state index contributed by atoms with van der Waals surface area (Å²) in [6.45, 7) is 6.16. The van der Waals surface area contributed by atoms with E-state index in [1.807, 2.05) is 0 Å². The summed E-state index contributed by atoms with van der Waals surface area (Å²) in [4.78, 5) is 2.54. The summed E-state index contributed by atoms with van der Waals surface area (Å²) >= 11 is 0. The highest BCUT2D eigenvalue weighted by molar-refractivity contribution is 4.77. The van der Waals surface area contributed by atoms with Crippen LogP contribution in [0.4, 0.5) is 0 Å². The molecule has 1 saturated carbocycles. The molecule has 1 N–H and O–H groups in total. The lowest BCUT2D eigenvalue weighted by molar-refractivity contribution is 0.180. The molecule has 2 nitrogen and oxygen atoms in total. The fourth-order valence-corrected chi connectivity index (χ4v) is 3.59. The molecular formula is C16H32N2. The Hall–Kier alpha value is -0.0800. The normalized spacial score (nSPS) is 34.7. The molecule has 2 rings (SSSR count). The molecule has 2 aliphatic rings. The van der Waals surface area contributed by atoms with Crippen molar-refractivity contribution >= 4 is 0 Å². The molecule has 0 amide bonds. The Labute approximate surface area is 114 Å². The minimum Gasteiger partial charge on any atom is -0.315 e. The largest absolute Gasteiger partial charge is 0.315 e. The molecule has 0 spiro atoms. The number of likely N-dealkylation sites (tertiary alicyclic amines) is 1. The topological polar surface area (TPSA) is 15.3 Å². The maximum absolute atomic E-state index is 3.70. The maximum atomic E-state index is 3.70. The Morgan fingerprint density at radius 2 is 1.83 bits per heavy atom. The highest BCUT2D eigenvalue weighted by Gasteiger charge is 2.19. The van der Waals surface area contributed by atoms with Crippen LogP contribution in [-0.2, 0) is 0 Å². The fourth-order valence-electron chi connectivity index (χ4n) is 3.59. The van der Waals surface area contributed by atoms with Crippen molar-refractivity contribution in [3.8, 4) is 0 Å². The molecular weight excluding hydrogens is 220 g/mol. The van der Waals surface area contributed by atoms with E-state index in [4.69, 9.17) is 0 Å². The number of nitrogens with zero attached hydrogens (tertiary/aromatic N) is 1. The van der Waals surface area contributed by atoms with Gasteiger partial charge in [-0.3, -0.25) is 0 Å². The summed E-state index contributed by atoms with van der Waals surface area (Å²) in [6, 6.07) is 0.796. The standard InChI is InChI=1S/C16H32N2/c1-14-6-8-15(9-7-14)10-11-17-13-16-5-3-4-12-18(16)2/h14-17H,3-13H2,1-2H3. The smallest absolute Gasteiger partial charge is 0.0217 e. The summed E-state index contributed by atoms with van der Waals surface area (Å²) in [5.41, 5.74) is 0. The van der Waals surface area contributed by atoms with Gasteiger partial charge in [-0.15, -0.1) is 0 Å². The molecule has 1 aliphatic heterocycles. The molecule has 0 radical (unpaired) electrons. The average molecular weight is 252 g/mol. The Balaban J connectivity index is 1.53. The van der Waals surface area contributed by atoms with E-state index >= 15 is 0 Å². The first kappa shape index (κ1) is 14.3. The third-order valence-corrected chi connectivity index (χ3v) is 5.17. The van der Waals surface area contributed by atoms with Gasteiger partial charge in [0, 0.05) is 12.6 Å². The predicted molar refractivity (Wildman–Crippen MR) is 78.9 cm³/mol. The van der Waals surface area contributed by atoms with Crippen LogP contribution in [0.15, 0.2) is 0 Å². The van der Waals surface area contributed by atoms with Gasteiger partial charge in [0.25, 0.3) is 0 Å². The highest BCUT2D eigenvalue weighted by atomic mass is 15.2. The summed E-state index contributed by atoms with van der Waals surface area (Å²) in [5, 5.41) is 3.70. The van der Waals surface area contributed by atoms with E-state index in [2.05, 4.69) is 24.2 Å². The van der Waals surface area contributed by atoms with Crippen molar-refractivity contribution in [2.45, 2.75) is 64.3 Å². The molecule has 106 valence electrons. The molecule has 0 aromatic rings. The molecule has 1 aliphatic carbocycles. The van der Waals surface area contributed by atoms with Crippen LogP contribution in [0.2, 0.25) is 0 Å². The van der Waals surface area contributed by atoms with E-state index in [-0.39, 0.29) is 0 Å². The van der Waals surface area contributed by atoms with E-state index in [1.54, 1.807) is 0 Å². The second-order valence-corrected chi connectivity index (χ2v) is 6.75. The predicted octanol–water partition coefficient (Wildman–Crippen LogP) is 3.28. The Morgan fingerprint density at radius 1 is 1.06 bits per heavy atom. The molecule has 0 aromatic heterocycles. The van der Waals surface area contributed by atoms with Crippen LogP contribution in [-0.4, -0.2) is 37.6 Å². The van der Waals surface area contributed by atoms with Gasteiger partial charge in [-0.2, -0.15) is 0 Å². The van der Waals surface area contributed by atoms with Gasteiger partial charge in [0.05, 0.1) is 0 Å². The lowest BCUT2D eigenvalue weighted by Crippen LogP contribution is -2.43. The number of piperidine rings is 1. The van der Waals surface area contributed by atoms with E-state index in [9.17, 15) is 0 Å². The van der Waals surface area contributed by atoms with Gasteiger partial charge < -0.3 is 10.2 Å². The van der Waals surface area contributed by atoms with Crippen LogP contribution >= 0.6 is 0 Å². The van der Waals surface area contributed by atoms with Crippen molar-refractivity contribution in [3.05, 3.63) is 0 Å². The van der Waals surface area contributed by atoms with Gasteiger partial charge in [-0.1, -0.05) is 39.0 Å². The van der Waals surface area contributed by atoms with Crippen molar-refractivity contribution in [3.63, 3.8) is 0 Å². The Morgan fingerprint density at radius 3 is 2.56 bits per heavy atom. The molecule has 2 fully saturated rings. The van der Waals surface area contributed by atoms with Crippen molar-refractivity contribution < 1.29 is 0 Å². The monoisotopic (exact) mass is 252 g/mol. The van der Waals surface area contributed by atoms with Crippen LogP contribution in [0.3, 0.4) is 0 Å². The van der Waals surface area contributed by atoms with E-state index in [0.29, 0.717) is 0 Å². The second-order valence-electron chi connectivity index (χ2n) is 6.75. The van der Waals surface area contributed by atoms with Crippen LogP contribution in [0, 0.1) is 11.8 Å². The van der Waals surface area contributed by atoms with Gasteiger partial charge in [0.1, 0.15) is 0 Å². The van der Waals surface area contributed by atoms with Gasteiger partial charge in [0.15, 0.2) is 0 Å². The van der Waals surface area contributed by atoms with Crippen molar-refractivity contribution in [2.75, 3.05) is 26.7 Å². The molecule has 1 atom stereocenters. The molecule has 0 bridgehead atoms. The van der Waals surface area contributed by atoms with Crippen molar-refractivity contribution in [1.29, 1.82) is 0 Å². The van der Waals surface area contributed by atoms with Gasteiger partial charge in [0.2, 0.25) is 0 Å². The molecule has 2 heteroatoms. The summed E-state index contributed by atoms with van der Waals surface area (Å²) in [7, 11) is 2.29. The molecule has 0 aromatic carbocycles. The van der Waals surface area contributed by atoms with Gasteiger partial charge in [-0.25, -0.2) is 0 Å². The van der Waals surface area contributed by atoms with Crippen LogP contribution in [0.1, 0.15) is 58.3 Å². The number of rotatable bonds is 5. The average Bonchev–Trinajstić information content (AvgIpc) is 2.39. The summed E-state index contributed by atoms with van der Waals surface area (Å²) in [6.07, 6.45) is 11.5. The number of hydrogen-bond donors (Lipinski definition) is 1. The van der Waals surface area contributed by atoms with Gasteiger partial charge >= 0.3 is 0 Å². The Kier molecular flexibility index (Phi) is 5.97. The zero-order valence-electron chi connectivity index (χ0n) is 12.5. The highest BCUT2D eigenvalue weighted by Crippen LogP contribution is 2.29. The first-order chi connectivity index (χ1) is 8.75. The maximum Gasteiger partial charge on any atom is 0.0217 e. The van der Waals surface area contributed by atoms with Crippen LogP contribution in [0.25, 0.3) is 0 Å². The Bertz CT molecular complexity index is 221. The lowest BCUT2D eigenvalue weighted by Gasteiger charge is -2.33. The summed E-state index contributed by atoms with van der Waals surface area (Å²) in [5.74, 6) is 2.00. The third kappa shape index (κ3) is 4.55. The molecule has 1 heterocycles. The minimum absolute atomic E-state index is 0.796. The molecule has 1 saturated heterocycles. The third-order valence-electron chi connectivity index (χ3n) is 5.17. The molecule has 1 unspecified atom stereocenters. The molecule has 18 heavy (non-hydrogen) atoms. The summed E-state index contributed by atoms with van der Waals surface area (Å²) < 4.78 is 0. The fraction of sp³-hybridized carbons (Fsp3) is 1.00. The van der Waals surface area contributed by atoms with E-state index in [1.165, 1.54) is 71.0 Å². The minimum atomic E-state index is 0.796. The SMILES string of the molecule is CC1CCC(CCNCC2CCCCN2C)CC1. The van der Waals surface area contributed by atoms with Crippen molar-refractivity contribution in [1.82, 2.24) is 10.2 Å². The number of nitrogens with one attached hydrogen (secondary N) is 1. The van der Waals surface area contributed by atoms with Crippen LogP contribution < -0.4 is 5.32 Å². The zero-order valence-corrected chi connectivity index (χ0v) is 12.5. The first-order valence-electron chi connectivity index (χ1n) is 8.16. The zero-order chi connectivity index (χ0) is 12.8. The van der Waals surface area contributed by atoms with Gasteiger partial charge in [-0.05, 0) is 51.2 Å². The quantitative estimate of drug-likeness (QED) is 0.755. The number of likely N-dealkylation sites (N-methyl/N-ethyl adjacent to an activating group) is 1. The lowest BCUT2D eigenvalue weighted by atomic mass is 9.81. The first-order valence-corrected chi connectivity index (χ1v) is 8.16. The second kappa shape index (κ2) is 7.49.